The summed E-state index contributed by atoms with van der Waals surface area (Å²) < 4.78 is 23.4. The van der Waals surface area contributed by atoms with E-state index in [2.05, 4.69) is 40.3 Å². The van der Waals surface area contributed by atoms with Crippen molar-refractivity contribution in [2.45, 2.75) is 25.6 Å². The van der Waals surface area contributed by atoms with Gasteiger partial charge in [-0.3, -0.25) is 0 Å². The second-order valence-corrected chi connectivity index (χ2v) is 8.71. The Labute approximate surface area is 202 Å². The molecule has 0 radical (unpaired) electrons. The van der Waals surface area contributed by atoms with Gasteiger partial charge in [-0.05, 0) is 63.8 Å². The van der Waals surface area contributed by atoms with Crippen molar-refractivity contribution in [1.29, 1.82) is 0 Å². The highest BCUT2D eigenvalue weighted by molar-refractivity contribution is 9.10. The molecule has 0 aromatic heterocycles. The molecule has 0 fully saturated rings. The van der Waals surface area contributed by atoms with Crippen LogP contribution in [0.5, 0.6) is 23.0 Å². The Morgan fingerprint density at radius 2 is 1.76 bits per heavy atom. The van der Waals surface area contributed by atoms with Gasteiger partial charge in [0.25, 0.3) is 0 Å². The summed E-state index contributed by atoms with van der Waals surface area (Å²) in [7, 11) is 1.61. The first-order valence-electron chi connectivity index (χ1n) is 10.9. The lowest BCUT2D eigenvalue weighted by molar-refractivity contribution is 0.105. The van der Waals surface area contributed by atoms with Crippen LogP contribution in [-0.4, -0.2) is 32.0 Å². The van der Waals surface area contributed by atoms with E-state index in [1.165, 1.54) is 5.56 Å². The number of ether oxygens (including phenoxy) is 4. The summed E-state index contributed by atoms with van der Waals surface area (Å²) in [5, 5.41) is 14.2. The van der Waals surface area contributed by atoms with Crippen molar-refractivity contribution in [3.05, 3.63) is 81.8 Å². The molecule has 4 rings (SSSR count). The predicted molar refractivity (Wildman–Crippen MR) is 130 cm³/mol. The Kier molecular flexibility index (Phi) is 7.75. The van der Waals surface area contributed by atoms with E-state index in [0.29, 0.717) is 48.3 Å². The lowest BCUT2D eigenvalue weighted by Gasteiger charge is -2.21. The molecule has 2 N–H and O–H groups in total. The number of halogens is 1. The topological polar surface area (TPSA) is 69.2 Å². The number of hydrogen-bond acceptors (Lipinski definition) is 6. The highest BCUT2D eigenvalue weighted by atomic mass is 79.9. The molecule has 174 valence electrons. The second-order valence-electron chi connectivity index (χ2n) is 7.85. The van der Waals surface area contributed by atoms with Crippen LogP contribution in [0.1, 0.15) is 35.8 Å². The van der Waals surface area contributed by atoms with Gasteiger partial charge < -0.3 is 29.4 Å². The molecule has 1 aliphatic heterocycles. The quantitative estimate of drug-likeness (QED) is 0.410. The van der Waals surface area contributed by atoms with Crippen molar-refractivity contribution in [3.63, 3.8) is 0 Å². The van der Waals surface area contributed by atoms with Gasteiger partial charge >= 0.3 is 0 Å². The molecule has 33 heavy (non-hydrogen) atoms. The number of methoxy groups -OCH3 is 1. The van der Waals surface area contributed by atoms with E-state index in [1.54, 1.807) is 13.2 Å². The molecule has 6 nitrogen and oxygen atoms in total. The van der Waals surface area contributed by atoms with Gasteiger partial charge in [-0.15, -0.1) is 0 Å². The van der Waals surface area contributed by atoms with Crippen LogP contribution in [0.3, 0.4) is 0 Å². The Morgan fingerprint density at radius 3 is 2.52 bits per heavy atom. The van der Waals surface area contributed by atoms with E-state index in [0.717, 1.165) is 10.0 Å². The summed E-state index contributed by atoms with van der Waals surface area (Å²) in [5.41, 5.74) is 2.99. The van der Waals surface area contributed by atoms with E-state index in [1.807, 2.05) is 42.5 Å². The minimum Gasteiger partial charge on any atom is -0.493 e. The summed E-state index contributed by atoms with van der Waals surface area (Å²) in [4.78, 5) is 0. The lowest BCUT2D eigenvalue weighted by Crippen LogP contribution is -2.18. The molecule has 3 aromatic carbocycles. The Bertz CT molecular complexity index is 1080. The zero-order valence-electron chi connectivity index (χ0n) is 18.7. The first-order chi connectivity index (χ1) is 16.0. The van der Waals surface area contributed by atoms with E-state index in [4.69, 9.17) is 18.9 Å². The van der Waals surface area contributed by atoms with Crippen LogP contribution in [0.4, 0.5) is 0 Å². The summed E-state index contributed by atoms with van der Waals surface area (Å²) in [6, 6.07) is 19.9. The van der Waals surface area contributed by atoms with Gasteiger partial charge in [0.15, 0.2) is 23.0 Å². The minimum atomic E-state index is -0.828. The summed E-state index contributed by atoms with van der Waals surface area (Å²) >= 11 is 3.60. The van der Waals surface area contributed by atoms with Crippen LogP contribution >= 0.6 is 15.9 Å². The smallest absolute Gasteiger partial charge is 0.175 e. The molecule has 7 heteroatoms. The molecule has 3 aromatic rings. The number of hydrogen-bond donors (Lipinski definition) is 2. The average molecular weight is 514 g/mol. The Balaban J connectivity index is 1.40. The normalized spacial score (nSPS) is 14.4. The standard InChI is InChI=1S/C26H28BrNO5/c1-17(19-6-4-3-5-7-19)28-15-18-12-21(27)26(25(13-18)30-2)33-16-22(29)20-8-9-23-24(14-20)32-11-10-31-23/h3-9,12-14,17,22,28-29H,10-11,15-16H2,1-2H3. The number of aliphatic hydroxyl groups excluding tert-OH is 1. The van der Waals surface area contributed by atoms with Crippen molar-refractivity contribution in [2.24, 2.45) is 0 Å². The van der Waals surface area contributed by atoms with Gasteiger partial charge in [-0.25, -0.2) is 0 Å². The molecule has 0 saturated heterocycles. The number of fused-ring (bicyclic) bond motifs is 1. The second kappa shape index (κ2) is 10.9. The molecular formula is C26H28BrNO5. The average Bonchev–Trinajstić information content (AvgIpc) is 2.86. The summed E-state index contributed by atoms with van der Waals surface area (Å²) in [5.74, 6) is 2.48. The van der Waals surface area contributed by atoms with E-state index >= 15 is 0 Å². The van der Waals surface area contributed by atoms with Crippen molar-refractivity contribution >= 4 is 15.9 Å². The molecule has 2 atom stereocenters. The predicted octanol–water partition coefficient (Wildman–Crippen LogP) is 5.19. The van der Waals surface area contributed by atoms with Gasteiger partial charge in [-0.2, -0.15) is 0 Å². The van der Waals surface area contributed by atoms with Gasteiger partial charge in [0.05, 0.1) is 11.6 Å². The van der Waals surface area contributed by atoms with E-state index < -0.39 is 6.10 Å². The first kappa shape index (κ1) is 23.4. The first-order valence-corrected chi connectivity index (χ1v) is 11.7. The molecule has 0 amide bonds. The fourth-order valence-corrected chi connectivity index (χ4v) is 4.28. The number of benzene rings is 3. The maximum Gasteiger partial charge on any atom is 0.175 e. The van der Waals surface area contributed by atoms with Crippen LogP contribution < -0.4 is 24.3 Å². The van der Waals surface area contributed by atoms with E-state index in [-0.39, 0.29) is 12.6 Å². The Morgan fingerprint density at radius 1 is 1.00 bits per heavy atom. The lowest BCUT2D eigenvalue weighted by atomic mass is 10.1. The molecule has 0 saturated carbocycles. The SMILES string of the molecule is COc1cc(CNC(C)c2ccccc2)cc(Br)c1OCC(O)c1ccc2c(c1)OCCO2. The highest BCUT2D eigenvalue weighted by Gasteiger charge is 2.18. The summed E-state index contributed by atoms with van der Waals surface area (Å²) in [6.07, 6.45) is -0.828. The minimum absolute atomic E-state index is 0.0667. The molecule has 1 aliphatic rings. The van der Waals surface area contributed by atoms with Crippen LogP contribution in [0.25, 0.3) is 0 Å². The molecule has 0 aliphatic carbocycles. The van der Waals surface area contributed by atoms with Crippen LogP contribution in [0, 0.1) is 0 Å². The third-order valence-corrected chi connectivity index (χ3v) is 6.13. The molecule has 0 spiro atoms. The van der Waals surface area contributed by atoms with Gasteiger partial charge in [0.2, 0.25) is 0 Å². The maximum absolute atomic E-state index is 10.7. The van der Waals surface area contributed by atoms with Crippen molar-refractivity contribution < 1.29 is 24.1 Å². The van der Waals surface area contributed by atoms with Gasteiger partial charge in [-0.1, -0.05) is 36.4 Å². The number of nitrogens with one attached hydrogen (secondary N) is 1. The fourth-order valence-electron chi connectivity index (χ4n) is 3.67. The zero-order chi connectivity index (χ0) is 23.2. The van der Waals surface area contributed by atoms with Crippen molar-refractivity contribution in [2.75, 3.05) is 26.9 Å². The van der Waals surface area contributed by atoms with Gasteiger partial charge in [0, 0.05) is 12.6 Å². The van der Waals surface area contributed by atoms with E-state index in [9.17, 15) is 5.11 Å². The maximum atomic E-state index is 10.7. The fraction of sp³-hybridized carbons (Fsp3) is 0.308. The van der Waals surface area contributed by atoms with Crippen LogP contribution in [0.2, 0.25) is 0 Å². The summed E-state index contributed by atoms with van der Waals surface area (Å²) in [6.45, 7) is 3.90. The van der Waals surface area contributed by atoms with Crippen molar-refractivity contribution in [1.82, 2.24) is 5.32 Å². The zero-order valence-corrected chi connectivity index (χ0v) is 20.3. The molecular weight excluding hydrogens is 486 g/mol. The van der Waals surface area contributed by atoms with Crippen LogP contribution in [-0.2, 0) is 6.54 Å². The Hall–Kier alpha value is -2.74. The van der Waals surface area contributed by atoms with Gasteiger partial charge in [0.1, 0.15) is 25.9 Å². The number of aliphatic hydroxyl groups is 1. The third kappa shape index (κ3) is 5.79. The van der Waals surface area contributed by atoms with Crippen LogP contribution in [0.15, 0.2) is 65.1 Å². The third-order valence-electron chi connectivity index (χ3n) is 5.54. The van der Waals surface area contributed by atoms with Crippen molar-refractivity contribution in [3.8, 4) is 23.0 Å². The monoisotopic (exact) mass is 513 g/mol. The highest BCUT2D eigenvalue weighted by Crippen LogP contribution is 2.38. The molecule has 1 heterocycles. The molecule has 2 unspecified atom stereocenters. The molecule has 0 bridgehead atoms. The largest absolute Gasteiger partial charge is 0.493 e. The number of rotatable bonds is 9.